The average molecular weight is 245 g/mol. The van der Waals surface area contributed by atoms with Gasteiger partial charge in [0.2, 0.25) is 0 Å². The van der Waals surface area contributed by atoms with Crippen molar-refractivity contribution in [3.05, 3.63) is 16.1 Å². The van der Waals surface area contributed by atoms with Gasteiger partial charge in [0.1, 0.15) is 10.4 Å². The van der Waals surface area contributed by atoms with Crippen LogP contribution in [0, 0.1) is 6.92 Å². The number of nitrogens with one attached hydrogen (secondary N) is 1. The standard InChI is InChI=1S/C9H13BrN2O/c1-5-11-8(9(10)12-5)6-3-2-4-7(6)13/h6-7,13H,2-4H2,1H3,(H,11,12)/t6-,7-/m1/s1. The second-order valence-electron chi connectivity index (χ2n) is 3.63. The fourth-order valence-electron chi connectivity index (χ4n) is 2.00. The van der Waals surface area contributed by atoms with Crippen LogP contribution in [0.1, 0.15) is 36.7 Å². The van der Waals surface area contributed by atoms with Gasteiger partial charge in [0.05, 0.1) is 11.8 Å². The van der Waals surface area contributed by atoms with E-state index in [2.05, 4.69) is 25.9 Å². The Balaban J connectivity index is 2.28. The number of hydrogen-bond donors (Lipinski definition) is 2. The molecule has 1 heterocycles. The normalized spacial score (nSPS) is 28.2. The number of aryl methyl sites for hydroxylation is 1. The highest BCUT2D eigenvalue weighted by Gasteiger charge is 2.29. The summed E-state index contributed by atoms with van der Waals surface area (Å²) < 4.78 is 0.857. The minimum atomic E-state index is -0.198. The molecule has 4 heteroatoms. The maximum absolute atomic E-state index is 9.71. The van der Waals surface area contributed by atoms with E-state index in [1.807, 2.05) is 6.92 Å². The van der Waals surface area contributed by atoms with Crippen molar-refractivity contribution in [3.8, 4) is 0 Å². The first-order valence-electron chi connectivity index (χ1n) is 4.58. The Morgan fingerprint density at radius 1 is 1.54 bits per heavy atom. The highest BCUT2D eigenvalue weighted by Crippen LogP contribution is 2.36. The molecule has 72 valence electrons. The van der Waals surface area contributed by atoms with Crippen LogP contribution in [0.2, 0.25) is 0 Å². The lowest BCUT2D eigenvalue weighted by Crippen LogP contribution is -2.11. The first-order valence-corrected chi connectivity index (χ1v) is 5.38. The van der Waals surface area contributed by atoms with E-state index >= 15 is 0 Å². The molecule has 0 bridgehead atoms. The Morgan fingerprint density at radius 3 is 2.77 bits per heavy atom. The summed E-state index contributed by atoms with van der Waals surface area (Å²) in [5.41, 5.74) is 1.06. The van der Waals surface area contributed by atoms with Gasteiger partial charge in [0.25, 0.3) is 0 Å². The molecule has 2 rings (SSSR count). The molecule has 1 aromatic heterocycles. The van der Waals surface area contributed by atoms with Gasteiger partial charge in [-0.2, -0.15) is 0 Å². The lowest BCUT2D eigenvalue weighted by molar-refractivity contribution is 0.162. The summed E-state index contributed by atoms with van der Waals surface area (Å²) in [6.45, 7) is 1.93. The highest BCUT2D eigenvalue weighted by molar-refractivity contribution is 9.10. The van der Waals surface area contributed by atoms with E-state index in [1.54, 1.807) is 0 Å². The van der Waals surface area contributed by atoms with E-state index < -0.39 is 0 Å². The number of H-pyrrole nitrogens is 1. The quantitative estimate of drug-likeness (QED) is 0.796. The van der Waals surface area contributed by atoms with Gasteiger partial charge in [0, 0.05) is 5.92 Å². The fraction of sp³-hybridized carbons (Fsp3) is 0.667. The zero-order valence-corrected chi connectivity index (χ0v) is 9.13. The molecule has 1 fully saturated rings. The molecule has 2 atom stereocenters. The number of hydrogen-bond acceptors (Lipinski definition) is 2. The summed E-state index contributed by atoms with van der Waals surface area (Å²) >= 11 is 3.40. The van der Waals surface area contributed by atoms with Crippen LogP contribution in [0.25, 0.3) is 0 Å². The van der Waals surface area contributed by atoms with E-state index in [0.717, 1.165) is 35.4 Å². The molecule has 0 spiro atoms. The SMILES string of the molecule is Cc1nc(Br)c([C@@H]2CCC[C@H]2O)[nH]1. The number of aromatic amines is 1. The van der Waals surface area contributed by atoms with Gasteiger partial charge in [-0.25, -0.2) is 4.98 Å². The summed E-state index contributed by atoms with van der Waals surface area (Å²) in [5.74, 6) is 1.15. The molecule has 0 aliphatic heterocycles. The average Bonchev–Trinajstić information content (AvgIpc) is 2.58. The molecule has 1 saturated carbocycles. The highest BCUT2D eigenvalue weighted by atomic mass is 79.9. The number of halogens is 1. The number of imidazole rings is 1. The van der Waals surface area contributed by atoms with Gasteiger partial charge in [-0.05, 0) is 35.7 Å². The summed E-state index contributed by atoms with van der Waals surface area (Å²) in [7, 11) is 0. The molecule has 1 aromatic rings. The Kier molecular flexibility index (Phi) is 2.43. The summed E-state index contributed by atoms with van der Waals surface area (Å²) in [6, 6.07) is 0. The smallest absolute Gasteiger partial charge is 0.127 e. The van der Waals surface area contributed by atoms with Crippen molar-refractivity contribution in [2.45, 2.75) is 38.2 Å². The van der Waals surface area contributed by atoms with Crippen molar-refractivity contribution in [1.82, 2.24) is 9.97 Å². The third kappa shape index (κ3) is 1.65. The number of aromatic nitrogens is 2. The van der Waals surface area contributed by atoms with E-state index in [9.17, 15) is 5.11 Å². The molecular formula is C9H13BrN2O. The fourth-order valence-corrected chi connectivity index (χ4v) is 2.66. The first kappa shape index (κ1) is 9.21. The Morgan fingerprint density at radius 2 is 2.31 bits per heavy atom. The number of aliphatic hydroxyl groups is 1. The van der Waals surface area contributed by atoms with E-state index in [-0.39, 0.29) is 12.0 Å². The first-order chi connectivity index (χ1) is 6.18. The Labute approximate surface area is 85.7 Å². The maximum atomic E-state index is 9.71. The van der Waals surface area contributed by atoms with Crippen LogP contribution in [0.4, 0.5) is 0 Å². The van der Waals surface area contributed by atoms with Crippen molar-refractivity contribution < 1.29 is 5.11 Å². The second-order valence-corrected chi connectivity index (χ2v) is 4.38. The zero-order chi connectivity index (χ0) is 9.42. The molecule has 3 nitrogen and oxygen atoms in total. The van der Waals surface area contributed by atoms with Crippen molar-refractivity contribution in [1.29, 1.82) is 0 Å². The van der Waals surface area contributed by atoms with Gasteiger partial charge in [-0.1, -0.05) is 6.42 Å². The molecule has 2 N–H and O–H groups in total. The predicted molar refractivity (Wildman–Crippen MR) is 53.6 cm³/mol. The number of rotatable bonds is 1. The van der Waals surface area contributed by atoms with E-state index in [0.29, 0.717) is 0 Å². The van der Waals surface area contributed by atoms with Gasteiger partial charge in [-0.15, -0.1) is 0 Å². The molecule has 1 aliphatic carbocycles. The molecule has 0 saturated heterocycles. The van der Waals surface area contributed by atoms with Crippen LogP contribution in [-0.2, 0) is 0 Å². The van der Waals surface area contributed by atoms with Crippen molar-refractivity contribution in [3.63, 3.8) is 0 Å². The Bertz CT molecular complexity index is 311. The van der Waals surface area contributed by atoms with Crippen molar-refractivity contribution in [2.75, 3.05) is 0 Å². The molecule has 0 aromatic carbocycles. The van der Waals surface area contributed by atoms with Crippen LogP contribution < -0.4 is 0 Å². The van der Waals surface area contributed by atoms with Gasteiger partial charge in [-0.3, -0.25) is 0 Å². The summed E-state index contributed by atoms with van der Waals surface area (Å²) in [4.78, 5) is 7.44. The molecular weight excluding hydrogens is 232 g/mol. The maximum Gasteiger partial charge on any atom is 0.127 e. The minimum Gasteiger partial charge on any atom is -0.392 e. The third-order valence-corrected chi connectivity index (χ3v) is 3.26. The third-order valence-electron chi connectivity index (χ3n) is 2.65. The molecule has 0 radical (unpaired) electrons. The number of aliphatic hydroxyl groups excluding tert-OH is 1. The molecule has 0 unspecified atom stereocenters. The van der Waals surface area contributed by atoms with Gasteiger partial charge in [0.15, 0.2) is 0 Å². The van der Waals surface area contributed by atoms with Gasteiger partial charge >= 0.3 is 0 Å². The molecule has 1 aliphatic rings. The molecule has 13 heavy (non-hydrogen) atoms. The largest absolute Gasteiger partial charge is 0.392 e. The second kappa shape index (κ2) is 3.42. The summed E-state index contributed by atoms with van der Waals surface area (Å²) in [6.07, 6.45) is 2.88. The van der Waals surface area contributed by atoms with Crippen LogP contribution in [0.5, 0.6) is 0 Å². The van der Waals surface area contributed by atoms with E-state index in [4.69, 9.17) is 0 Å². The van der Waals surface area contributed by atoms with Crippen molar-refractivity contribution in [2.24, 2.45) is 0 Å². The van der Waals surface area contributed by atoms with E-state index in [1.165, 1.54) is 0 Å². The topological polar surface area (TPSA) is 48.9 Å². The predicted octanol–water partition coefficient (Wildman–Crippen LogP) is 2.11. The zero-order valence-electron chi connectivity index (χ0n) is 7.55. The van der Waals surface area contributed by atoms with Gasteiger partial charge < -0.3 is 10.1 Å². The monoisotopic (exact) mass is 244 g/mol. The van der Waals surface area contributed by atoms with Crippen LogP contribution in [-0.4, -0.2) is 21.2 Å². The number of nitrogens with zero attached hydrogens (tertiary/aromatic N) is 1. The molecule has 0 amide bonds. The lowest BCUT2D eigenvalue weighted by atomic mass is 10.0. The lowest BCUT2D eigenvalue weighted by Gasteiger charge is -2.12. The van der Waals surface area contributed by atoms with Crippen molar-refractivity contribution >= 4 is 15.9 Å². The minimum absolute atomic E-state index is 0.198. The summed E-state index contributed by atoms with van der Waals surface area (Å²) in [5, 5.41) is 9.71. The van der Waals surface area contributed by atoms with Crippen LogP contribution >= 0.6 is 15.9 Å². The van der Waals surface area contributed by atoms with Crippen LogP contribution in [0.3, 0.4) is 0 Å². The Hall–Kier alpha value is -0.350. The van der Waals surface area contributed by atoms with Crippen LogP contribution in [0.15, 0.2) is 4.60 Å².